The fourth-order valence-electron chi connectivity index (χ4n) is 1.18. The molecule has 0 heterocycles. The highest BCUT2D eigenvalue weighted by Crippen LogP contribution is 2.25. The van der Waals surface area contributed by atoms with E-state index in [1.54, 1.807) is 6.07 Å². The highest BCUT2D eigenvalue weighted by Gasteiger charge is 2.14. The Morgan fingerprint density at radius 3 is 2.62 bits per heavy atom. The molecule has 90 valence electrons. The molecule has 4 N–H and O–H groups in total. The number of halogens is 1. The van der Waals surface area contributed by atoms with E-state index >= 15 is 0 Å². The van der Waals surface area contributed by atoms with Crippen LogP contribution in [-0.4, -0.2) is 29.3 Å². The Balaban J connectivity index is 0. The summed E-state index contributed by atoms with van der Waals surface area (Å²) in [6.45, 7) is 0. The van der Waals surface area contributed by atoms with Crippen molar-refractivity contribution in [3.8, 4) is 11.5 Å². The van der Waals surface area contributed by atoms with E-state index in [-0.39, 0.29) is 31.8 Å². The standard InChI is InChI=1S/C10H13NO4.ClH/c1-15-10(14)7(11)4-6-2-3-8(12)9(13)5-6;/h2-3,5,7,12-13H,4,11H2,1H3;1H. The van der Waals surface area contributed by atoms with Gasteiger partial charge >= 0.3 is 7.40 Å². The van der Waals surface area contributed by atoms with Crippen LogP contribution in [0.2, 0.25) is 0 Å². The lowest BCUT2D eigenvalue weighted by atomic mass is 10.1. The van der Waals surface area contributed by atoms with E-state index in [0.29, 0.717) is 5.56 Å². The summed E-state index contributed by atoms with van der Waals surface area (Å²) in [5, 5.41) is 18.3. The number of benzene rings is 1. The van der Waals surface area contributed by atoms with Gasteiger partial charge in [-0.2, -0.15) is 0 Å². The molecular weight excluding hydrogens is 234 g/mol. The van der Waals surface area contributed by atoms with Crippen LogP contribution in [0, 0.1) is 0 Å². The number of aromatic hydroxyl groups is 2. The topological polar surface area (TPSA) is 92.8 Å². The zero-order valence-electron chi connectivity index (χ0n) is 9.68. The van der Waals surface area contributed by atoms with Gasteiger partial charge in [0.05, 0.1) is 7.11 Å². The van der Waals surface area contributed by atoms with Crippen LogP contribution < -0.4 is 18.1 Å². The van der Waals surface area contributed by atoms with Crippen molar-refractivity contribution in [2.24, 2.45) is 5.73 Å². The highest BCUT2D eigenvalue weighted by molar-refractivity contribution is 5.75. The second-order valence-electron chi connectivity index (χ2n) is 3.16. The minimum atomic E-state index is -0.765. The third-order valence-electron chi connectivity index (χ3n) is 2.00. The van der Waals surface area contributed by atoms with E-state index < -0.39 is 12.0 Å². The number of carbonyl (C=O) groups is 1. The monoisotopic (exact) mass is 247 g/mol. The normalized spacial score (nSPS) is 11.4. The molecule has 0 radical (unpaired) electrons. The molecule has 0 saturated heterocycles. The molecule has 1 aromatic carbocycles. The second kappa shape index (κ2) is 6.19. The second-order valence-corrected chi connectivity index (χ2v) is 3.16. The summed E-state index contributed by atoms with van der Waals surface area (Å²) < 4.78 is 4.46. The van der Waals surface area contributed by atoms with Crippen LogP contribution in [0.15, 0.2) is 18.2 Å². The van der Waals surface area contributed by atoms with Gasteiger partial charge in [-0.05, 0) is 24.1 Å². The van der Waals surface area contributed by atoms with Gasteiger partial charge in [0.15, 0.2) is 11.5 Å². The number of hydrogen-bond acceptors (Lipinski definition) is 5. The number of methoxy groups -OCH3 is 1. The number of phenolic OH excluding ortho intramolecular Hbond substituents is 2. The molecule has 0 spiro atoms. The highest BCUT2D eigenvalue weighted by atomic mass is 35.5. The van der Waals surface area contributed by atoms with Crippen LogP contribution in [0.3, 0.4) is 0 Å². The first-order chi connectivity index (χ1) is 7.04. The summed E-state index contributed by atoms with van der Waals surface area (Å²) in [6.07, 6.45) is 0.251. The predicted molar refractivity (Wildman–Crippen MR) is 54.6 cm³/mol. The number of nitrogens with two attached hydrogens (primary N) is 1. The summed E-state index contributed by atoms with van der Waals surface area (Å²) in [5.74, 6) is -0.947. The van der Waals surface area contributed by atoms with E-state index in [4.69, 9.17) is 10.8 Å². The third kappa shape index (κ3) is 3.60. The molecule has 0 saturated carbocycles. The molecule has 5 nitrogen and oxygen atoms in total. The lowest BCUT2D eigenvalue weighted by Gasteiger charge is -2.09. The van der Waals surface area contributed by atoms with Crippen LogP contribution in [0.25, 0.3) is 0 Å². The van der Waals surface area contributed by atoms with Crippen LogP contribution in [0.4, 0.5) is 0 Å². The molecule has 0 aliphatic carbocycles. The quantitative estimate of drug-likeness (QED) is 0.398. The maximum Gasteiger partial charge on any atom is 1.00 e. The van der Waals surface area contributed by atoms with E-state index in [2.05, 4.69) is 4.74 Å². The molecule has 1 aromatic rings. The number of hydrogen-bond donors (Lipinski definition) is 3. The Kier molecular flexibility index (Phi) is 5.63. The van der Waals surface area contributed by atoms with Crippen LogP contribution in [0.1, 0.15) is 6.99 Å². The van der Waals surface area contributed by atoms with Crippen LogP contribution in [0.5, 0.6) is 11.5 Å². The molecule has 0 aromatic heterocycles. The molecule has 0 bridgehead atoms. The maximum absolute atomic E-state index is 11.0. The van der Waals surface area contributed by atoms with Crippen molar-refractivity contribution in [1.82, 2.24) is 0 Å². The van der Waals surface area contributed by atoms with Crippen LogP contribution >= 0.6 is 0 Å². The van der Waals surface area contributed by atoms with Crippen LogP contribution in [-0.2, 0) is 16.0 Å². The van der Waals surface area contributed by atoms with Gasteiger partial charge in [-0.3, -0.25) is 4.79 Å². The van der Waals surface area contributed by atoms with Gasteiger partial charge in [0.1, 0.15) is 6.04 Å². The molecule has 16 heavy (non-hydrogen) atoms. The summed E-state index contributed by atoms with van der Waals surface area (Å²) in [7, 11) is 1.26. The van der Waals surface area contributed by atoms with Crippen molar-refractivity contribution < 1.29 is 33.6 Å². The number of esters is 1. The first-order valence-corrected chi connectivity index (χ1v) is 4.39. The van der Waals surface area contributed by atoms with Crippen molar-refractivity contribution in [1.29, 1.82) is 0 Å². The van der Waals surface area contributed by atoms with E-state index in [0.717, 1.165) is 0 Å². The predicted octanol–water partition coefficient (Wildman–Crippen LogP) is -2.74. The van der Waals surface area contributed by atoms with Gasteiger partial charge < -0.3 is 33.1 Å². The largest absolute Gasteiger partial charge is 1.00 e. The van der Waals surface area contributed by atoms with Crippen molar-refractivity contribution in [3.05, 3.63) is 23.8 Å². The fraction of sp³-hybridized carbons (Fsp3) is 0.300. The van der Waals surface area contributed by atoms with Gasteiger partial charge in [-0.15, -0.1) is 0 Å². The van der Waals surface area contributed by atoms with E-state index in [1.807, 2.05) is 0 Å². The molecule has 1 rings (SSSR count). The number of rotatable bonds is 3. The zero-order valence-corrected chi connectivity index (χ0v) is 9.44. The smallest absolute Gasteiger partial charge is 1.00 e. The molecule has 0 aliphatic rings. The zero-order chi connectivity index (χ0) is 11.4. The molecule has 1 atom stereocenters. The average Bonchev–Trinajstić information content (AvgIpc) is 2.22. The van der Waals surface area contributed by atoms with Crippen molar-refractivity contribution in [2.45, 2.75) is 12.5 Å². The Hall–Kier alpha value is -1.46. The first-order valence-electron chi connectivity index (χ1n) is 4.39. The third-order valence-corrected chi connectivity index (χ3v) is 2.00. The van der Waals surface area contributed by atoms with Gasteiger partial charge in [0.2, 0.25) is 0 Å². The molecule has 0 amide bonds. The molecule has 0 aliphatic heterocycles. The molecule has 1 unspecified atom stereocenters. The Labute approximate surface area is 101 Å². The molecule has 0 fully saturated rings. The lowest BCUT2D eigenvalue weighted by molar-refractivity contribution is -0.142. The first kappa shape index (κ1) is 14.5. The van der Waals surface area contributed by atoms with Gasteiger partial charge in [0.25, 0.3) is 0 Å². The lowest BCUT2D eigenvalue weighted by Crippen LogP contribution is -3.00. The van der Waals surface area contributed by atoms with Gasteiger partial charge in [-0.1, -0.05) is 6.07 Å². The minimum absolute atomic E-state index is 0. The average molecular weight is 248 g/mol. The Morgan fingerprint density at radius 1 is 1.50 bits per heavy atom. The minimum Gasteiger partial charge on any atom is -1.00 e. The van der Waals surface area contributed by atoms with Crippen molar-refractivity contribution in [2.75, 3.05) is 7.11 Å². The summed E-state index contributed by atoms with van der Waals surface area (Å²) >= 11 is 0. The van der Waals surface area contributed by atoms with Crippen molar-refractivity contribution in [3.63, 3.8) is 0 Å². The summed E-state index contributed by atoms with van der Waals surface area (Å²) in [5.41, 5.74) is 6.18. The van der Waals surface area contributed by atoms with Gasteiger partial charge in [-0.25, -0.2) is 0 Å². The number of phenols is 2. The molecule has 6 heteroatoms. The molecular formula is C10H14ClNO4. The SMILES string of the molecule is COC(=O)C(N)Cc1ccc(O)c(O)c1.[Cl-].[H+]. The number of ether oxygens (including phenoxy) is 1. The fourth-order valence-corrected chi connectivity index (χ4v) is 1.18. The van der Waals surface area contributed by atoms with E-state index in [1.165, 1.54) is 19.2 Å². The Morgan fingerprint density at radius 2 is 2.12 bits per heavy atom. The van der Waals surface area contributed by atoms with E-state index in [9.17, 15) is 9.90 Å². The Bertz CT molecular complexity index is 375. The van der Waals surface area contributed by atoms with Crippen molar-refractivity contribution >= 4 is 5.97 Å². The maximum atomic E-state index is 11.0. The summed E-state index contributed by atoms with van der Waals surface area (Å²) in [4.78, 5) is 11.0. The number of carbonyl (C=O) groups excluding carboxylic acids is 1. The van der Waals surface area contributed by atoms with Gasteiger partial charge in [0, 0.05) is 0 Å². The summed E-state index contributed by atoms with van der Waals surface area (Å²) in [6, 6.07) is 3.52.